The van der Waals surface area contributed by atoms with E-state index in [1.54, 1.807) is 42.6 Å². The molecule has 1 aliphatic heterocycles. The smallest absolute Gasteiger partial charge is 0.421 e. The normalized spacial score (nSPS) is 13.6. The van der Waals surface area contributed by atoms with Crippen LogP contribution in [0, 0.1) is 12.3 Å². The van der Waals surface area contributed by atoms with E-state index < -0.39 is 11.7 Å². The Balaban J connectivity index is 0.000000406. The Labute approximate surface area is 472 Å². The van der Waals surface area contributed by atoms with Gasteiger partial charge in [0, 0.05) is 57.5 Å². The number of aldehydes is 2. The summed E-state index contributed by atoms with van der Waals surface area (Å²) in [5.74, 6) is 0.438. The summed E-state index contributed by atoms with van der Waals surface area (Å²) in [5.41, 5.74) is 6.65. The largest absolute Gasteiger partial charge is 0.491 e. The number of carbonyl (C=O) groups is 3. The predicted octanol–water partition coefficient (Wildman–Crippen LogP) is 8.86. The molecule has 3 heterocycles. The van der Waals surface area contributed by atoms with E-state index >= 15 is 0 Å². The van der Waals surface area contributed by atoms with Gasteiger partial charge in [-0.25, -0.2) is 9.97 Å². The Bertz CT molecular complexity index is 2490. The number of aryl methyl sites for hydroxylation is 1. The van der Waals surface area contributed by atoms with Crippen LogP contribution in [0.2, 0.25) is 0 Å². The molecule has 6 rings (SSSR count). The van der Waals surface area contributed by atoms with Crippen LogP contribution < -0.4 is 30.3 Å². The number of rotatable bonds is 29. The Morgan fingerprint density at radius 2 is 1.52 bits per heavy atom. The number of ether oxygens (including phenoxy) is 5. The molecular weight excluding hydrogens is 1060 g/mol. The van der Waals surface area contributed by atoms with Gasteiger partial charge in [0.15, 0.2) is 0 Å². The molecule has 2 aromatic heterocycles. The molecule has 2 atom stereocenters. The Morgan fingerprint density at radius 1 is 0.886 bits per heavy atom. The van der Waals surface area contributed by atoms with Crippen LogP contribution in [0.4, 0.5) is 36.3 Å². The Hall–Kier alpha value is -5.76. The molecule has 0 aliphatic carbocycles. The van der Waals surface area contributed by atoms with Crippen LogP contribution in [0.15, 0.2) is 84.5 Å². The van der Waals surface area contributed by atoms with Crippen molar-refractivity contribution in [2.24, 2.45) is 5.41 Å². The van der Waals surface area contributed by atoms with Gasteiger partial charge in [-0.05, 0) is 98.9 Å². The zero-order valence-corrected chi connectivity index (χ0v) is 48.5. The highest BCUT2D eigenvalue weighted by atomic mass is 32.2. The molecule has 0 radical (unpaired) electrons. The summed E-state index contributed by atoms with van der Waals surface area (Å²) in [7, 11) is 6.72. The summed E-state index contributed by atoms with van der Waals surface area (Å²) in [6.07, 6.45) is 2.30. The second kappa shape index (κ2) is 37.2. The van der Waals surface area contributed by atoms with Gasteiger partial charge in [0.05, 0.1) is 81.0 Å². The summed E-state index contributed by atoms with van der Waals surface area (Å²) in [5, 5.41) is 18.7. The van der Waals surface area contributed by atoms with E-state index in [2.05, 4.69) is 65.4 Å². The summed E-state index contributed by atoms with van der Waals surface area (Å²) in [6.45, 7) is 13.6. The topological polar surface area (TPSA) is 211 Å². The average molecular weight is 1140 g/mol. The second-order valence-electron chi connectivity index (χ2n) is 18.6. The average Bonchev–Trinajstić information content (AvgIpc) is 4.10. The number of hydrogen-bond acceptors (Lipinski definition) is 19. The molecule has 1 saturated heterocycles. The van der Waals surface area contributed by atoms with E-state index in [0.29, 0.717) is 83.9 Å². The number of nitrogens with zero attached hydrogens (tertiary/aromatic N) is 5. The van der Waals surface area contributed by atoms with E-state index in [0.717, 1.165) is 67.8 Å². The van der Waals surface area contributed by atoms with Crippen molar-refractivity contribution in [2.45, 2.75) is 78.3 Å². The van der Waals surface area contributed by atoms with Crippen LogP contribution in [-0.4, -0.2) is 156 Å². The molecule has 1 fully saturated rings. The lowest BCUT2D eigenvalue weighted by Crippen LogP contribution is -2.41. The molecule has 3 aromatic carbocycles. The van der Waals surface area contributed by atoms with Crippen LogP contribution in [0.3, 0.4) is 0 Å². The van der Waals surface area contributed by atoms with Gasteiger partial charge in [-0.3, -0.25) is 9.69 Å². The van der Waals surface area contributed by atoms with Crippen molar-refractivity contribution in [1.82, 2.24) is 30.5 Å². The number of carbonyl (C=O) groups excluding carboxylic acids is 3. The molecule has 2 unspecified atom stereocenters. The van der Waals surface area contributed by atoms with E-state index in [9.17, 15) is 27.6 Å². The Morgan fingerprint density at radius 3 is 2.04 bits per heavy atom. The third-order valence-electron chi connectivity index (χ3n) is 11.8. The van der Waals surface area contributed by atoms with Crippen molar-refractivity contribution in [1.29, 1.82) is 0 Å². The highest BCUT2D eigenvalue weighted by Crippen LogP contribution is 2.35. The van der Waals surface area contributed by atoms with Gasteiger partial charge < -0.3 is 64.0 Å². The molecule has 23 heteroatoms. The van der Waals surface area contributed by atoms with Crippen LogP contribution in [0.1, 0.15) is 62.4 Å². The number of hydrogen-bond donors (Lipinski definition) is 5. The fourth-order valence-electron chi connectivity index (χ4n) is 7.42. The van der Waals surface area contributed by atoms with Crippen molar-refractivity contribution in [3.05, 3.63) is 107 Å². The van der Waals surface area contributed by atoms with Crippen molar-refractivity contribution in [3.63, 3.8) is 0 Å². The number of likely N-dealkylation sites (N-methyl/N-ethyl adjacent to an activating group) is 2. The first-order chi connectivity index (χ1) is 38.0. The molecular formula is C56H80F3N9O9S2. The number of thiazole rings is 1. The van der Waals surface area contributed by atoms with Crippen molar-refractivity contribution in [2.75, 3.05) is 115 Å². The monoisotopic (exact) mass is 1140 g/mol. The number of halogens is 3. The number of amides is 1. The number of anilines is 4. The molecule has 436 valence electrons. The summed E-state index contributed by atoms with van der Waals surface area (Å²) in [6, 6.07) is 22.8. The highest BCUT2D eigenvalue weighted by Gasteiger charge is 2.35. The zero-order chi connectivity index (χ0) is 58.1. The molecule has 0 saturated carbocycles. The maximum absolute atomic E-state index is 13.7. The summed E-state index contributed by atoms with van der Waals surface area (Å²) < 4.78 is 70.2. The SMILES string of the molecule is CNC(C=O)C(C)(C)C.CO.CSN(C)c1cccc(CNc2nc(Nc3ccc(OCCOCCOCCOCCOCCC=O)cc3)ncc2C(F)(F)F)c1.Cc1ncsc1-c1ccc(CNC(=O)C2CCCN2C)cc1. The van der Waals surface area contributed by atoms with Gasteiger partial charge in [0.2, 0.25) is 11.9 Å². The van der Waals surface area contributed by atoms with Gasteiger partial charge >= 0.3 is 6.18 Å². The molecule has 0 spiro atoms. The van der Waals surface area contributed by atoms with E-state index in [-0.39, 0.29) is 41.7 Å². The first-order valence-corrected chi connectivity index (χ1v) is 27.9. The highest BCUT2D eigenvalue weighted by molar-refractivity contribution is 7.99. The minimum absolute atomic E-state index is 0.0160. The second-order valence-corrected chi connectivity index (χ2v) is 20.4. The standard InChI is InChI=1S/C31H40F3N5O6S.C17H21N3OS.C7H15NO.CH4O/c1-39(46-2)26-6-3-5-24(21-26)22-35-29-28(31(32,33)34)23-36-30(38-29)37-25-7-9-27(10-8-25)45-20-19-44-18-17-43-16-15-42-14-13-41-12-4-11-40;1-12-16(22-11-19-12)14-7-5-13(6-8-14)10-18-17(21)15-4-3-9-20(15)2;1-7(2,3)6(5-9)8-4;1-2/h3,5-11,21,23H,4,12-20,22H2,1-2H3,(H2,35,36,37,38);5-8,11,15H,3-4,9-10H2,1-2H3,(H,18,21);5-6,8H,1-4H3;2H,1H3. The number of alkyl halides is 3. The lowest BCUT2D eigenvalue weighted by molar-refractivity contribution is -0.137. The molecule has 0 bridgehead atoms. The minimum atomic E-state index is -4.62. The lowest BCUT2D eigenvalue weighted by atomic mass is 9.88. The zero-order valence-electron chi connectivity index (χ0n) is 46.9. The summed E-state index contributed by atoms with van der Waals surface area (Å²) >= 11 is 3.19. The molecule has 5 aromatic rings. The number of benzene rings is 3. The van der Waals surface area contributed by atoms with Crippen LogP contribution >= 0.6 is 23.3 Å². The Kier molecular flexibility index (Phi) is 31.8. The van der Waals surface area contributed by atoms with Crippen LogP contribution in [0.5, 0.6) is 5.75 Å². The van der Waals surface area contributed by atoms with E-state index in [1.165, 1.54) is 22.4 Å². The molecule has 18 nitrogen and oxygen atoms in total. The quantitative estimate of drug-likeness (QED) is 0.0172. The maximum atomic E-state index is 13.7. The predicted molar refractivity (Wildman–Crippen MR) is 308 cm³/mol. The molecule has 5 N–H and O–H groups in total. The fraction of sp³-hybridized carbons (Fsp3) is 0.500. The van der Waals surface area contributed by atoms with E-state index in [1.807, 2.05) is 82.1 Å². The fourth-order valence-corrected chi connectivity index (χ4v) is 8.56. The molecule has 1 aliphatic rings. The minimum Gasteiger partial charge on any atom is -0.491 e. The lowest BCUT2D eigenvalue weighted by Gasteiger charge is -2.24. The van der Waals surface area contributed by atoms with Gasteiger partial charge in [-0.1, -0.05) is 69.1 Å². The maximum Gasteiger partial charge on any atom is 0.421 e. The number of aliphatic hydroxyl groups is 1. The van der Waals surface area contributed by atoms with Gasteiger partial charge in [0.25, 0.3) is 0 Å². The van der Waals surface area contributed by atoms with Crippen molar-refractivity contribution < 1.29 is 56.3 Å². The molecule has 79 heavy (non-hydrogen) atoms. The third-order valence-corrected chi connectivity index (χ3v) is 13.6. The van der Waals surface area contributed by atoms with Crippen molar-refractivity contribution >= 4 is 64.9 Å². The first kappa shape index (κ1) is 67.5. The van der Waals surface area contributed by atoms with Crippen LogP contribution in [-0.2, 0) is 52.6 Å². The molecule has 1 amide bonds. The third kappa shape index (κ3) is 25.5. The van der Waals surface area contributed by atoms with Crippen molar-refractivity contribution in [3.8, 4) is 16.2 Å². The van der Waals surface area contributed by atoms with Crippen LogP contribution in [0.25, 0.3) is 10.4 Å². The van der Waals surface area contributed by atoms with Gasteiger partial charge in [-0.15, -0.1) is 11.3 Å². The van der Waals surface area contributed by atoms with Gasteiger partial charge in [-0.2, -0.15) is 18.2 Å². The van der Waals surface area contributed by atoms with E-state index in [4.69, 9.17) is 28.8 Å². The summed E-state index contributed by atoms with van der Waals surface area (Å²) in [4.78, 5) is 48.3. The first-order valence-electron chi connectivity index (χ1n) is 25.8. The van der Waals surface area contributed by atoms with Gasteiger partial charge in [0.1, 0.15) is 36.3 Å². The number of aromatic nitrogens is 3. The number of nitrogens with one attached hydrogen (secondary N) is 4. The number of aliphatic hydroxyl groups excluding tert-OH is 1. The number of likely N-dealkylation sites (tertiary alicyclic amines) is 1.